The first kappa shape index (κ1) is 14.2. The lowest BCUT2D eigenvalue weighted by atomic mass is 10.2. The number of H-pyrrole nitrogens is 1. The third-order valence-electron chi connectivity index (χ3n) is 2.78. The molecule has 5 nitrogen and oxygen atoms in total. The summed E-state index contributed by atoms with van der Waals surface area (Å²) in [4.78, 5) is 18.4. The lowest BCUT2D eigenvalue weighted by Crippen LogP contribution is -2.12. The van der Waals surface area contributed by atoms with Gasteiger partial charge in [-0.1, -0.05) is 19.9 Å². The molecular weight excluding hydrogens is 261 g/mol. The largest absolute Gasteiger partial charge is 0.438 e. The predicted octanol–water partition coefficient (Wildman–Crippen LogP) is 2.28. The zero-order valence-corrected chi connectivity index (χ0v) is 11.3. The Bertz CT molecular complexity index is 668. The zero-order chi connectivity index (χ0) is 14.7. The summed E-state index contributed by atoms with van der Waals surface area (Å²) in [5.74, 6) is 0.503. The zero-order valence-electron chi connectivity index (χ0n) is 11.3. The third-order valence-corrected chi connectivity index (χ3v) is 2.78. The minimum Gasteiger partial charge on any atom is -0.438 e. The molecule has 3 N–H and O–H groups in total. The first-order chi connectivity index (χ1) is 9.51. The molecule has 1 aromatic carbocycles. The van der Waals surface area contributed by atoms with Gasteiger partial charge >= 0.3 is 0 Å². The molecule has 0 aliphatic carbocycles. The first-order valence-electron chi connectivity index (χ1n) is 6.28. The second-order valence-corrected chi connectivity index (χ2v) is 4.65. The Morgan fingerprint density at radius 3 is 2.85 bits per heavy atom. The van der Waals surface area contributed by atoms with Crippen LogP contribution in [0.15, 0.2) is 29.1 Å². The highest BCUT2D eigenvalue weighted by atomic mass is 19.1. The smallest absolute Gasteiger partial charge is 0.254 e. The molecule has 0 fully saturated rings. The van der Waals surface area contributed by atoms with Crippen LogP contribution in [-0.2, 0) is 6.54 Å². The molecule has 20 heavy (non-hydrogen) atoms. The number of halogens is 1. The van der Waals surface area contributed by atoms with Crippen LogP contribution in [-0.4, -0.2) is 9.97 Å². The van der Waals surface area contributed by atoms with Gasteiger partial charge in [-0.05, 0) is 12.1 Å². The highest BCUT2D eigenvalue weighted by Gasteiger charge is 2.11. The number of nitrogens with zero attached hydrogens (tertiary/aromatic N) is 1. The van der Waals surface area contributed by atoms with E-state index in [2.05, 4.69) is 9.97 Å². The molecule has 0 amide bonds. The van der Waals surface area contributed by atoms with Gasteiger partial charge in [0.05, 0.1) is 6.07 Å². The van der Waals surface area contributed by atoms with Crippen molar-refractivity contribution in [2.45, 2.75) is 26.3 Å². The van der Waals surface area contributed by atoms with Crippen LogP contribution in [0.5, 0.6) is 11.6 Å². The Hall–Kier alpha value is -2.21. The molecule has 0 aliphatic heterocycles. The van der Waals surface area contributed by atoms with Gasteiger partial charge in [0.15, 0.2) is 0 Å². The van der Waals surface area contributed by atoms with Gasteiger partial charge in [-0.3, -0.25) is 4.79 Å². The summed E-state index contributed by atoms with van der Waals surface area (Å²) in [6.45, 7) is 3.80. The number of benzene rings is 1. The fourth-order valence-electron chi connectivity index (χ4n) is 1.72. The van der Waals surface area contributed by atoms with Crippen molar-refractivity contribution in [2.24, 2.45) is 5.73 Å². The maximum absolute atomic E-state index is 13.6. The molecule has 0 radical (unpaired) electrons. The van der Waals surface area contributed by atoms with E-state index in [1.54, 1.807) is 6.07 Å². The number of hydrogen-bond acceptors (Lipinski definition) is 4. The van der Waals surface area contributed by atoms with Gasteiger partial charge in [0, 0.05) is 18.0 Å². The van der Waals surface area contributed by atoms with Crippen LogP contribution in [0.2, 0.25) is 0 Å². The molecule has 1 heterocycles. The first-order valence-corrected chi connectivity index (χ1v) is 6.28. The lowest BCUT2D eigenvalue weighted by molar-refractivity contribution is 0.443. The van der Waals surface area contributed by atoms with E-state index in [1.165, 1.54) is 18.2 Å². The molecule has 0 atom stereocenters. The summed E-state index contributed by atoms with van der Waals surface area (Å²) in [5, 5.41) is 0. The highest BCUT2D eigenvalue weighted by Crippen LogP contribution is 2.25. The number of nitrogens with one attached hydrogen (secondary N) is 1. The van der Waals surface area contributed by atoms with Gasteiger partial charge in [0.25, 0.3) is 5.56 Å². The van der Waals surface area contributed by atoms with Crippen LogP contribution in [0.25, 0.3) is 0 Å². The molecule has 0 unspecified atom stereocenters. The van der Waals surface area contributed by atoms with Crippen molar-refractivity contribution in [3.8, 4) is 11.6 Å². The maximum Gasteiger partial charge on any atom is 0.254 e. The van der Waals surface area contributed by atoms with Crippen molar-refractivity contribution < 1.29 is 9.13 Å². The molecule has 0 spiro atoms. The Morgan fingerprint density at radius 2 is 2.20 bits per heavy atom. The van der Waals surface area contributed by atoms with Crippen molar-refractivity contribution >= 4 is 0 Å². The Kier molecular flexibility index (Phi) is 4.14. The summed E-state index contributed by atoms with van der Waals surface area (Å²) in [7, 11) is 0. The van der Waals surface area contributed by atoms with E-state index in [4.69, 9.17) is 10.5 Å². The standard InChI is InChI=1S/C14H16FN3O2/c1-8(2)14-17-12(19)6-13(18-14)20-11-5-3-4-10(15)9(11)7-16/h3-6,8H,7,16H2,1-2H3,(H,17,18,19). The van der Waals surface area contributed by atoms with Crippen molar-refractivity contribution in [3.63, 3.8) is 0 Å². The van der Waals surface area contributed by atoms with Crippen molar-refractivity contribution in [1.29, 1.82) is 0 Å². The van der Waals surface area contributed by atoms with Gasteiger partial charge in [0.1, 0.15) is 17.4 Å². The van der Waals surface area contributed by atoms with Crippen molar-refractivity contribution in [2.75, 3.05) is 0 Å². The van der Waals surface area contributed by atoms with Gasteiger partial charge in [-0.15, -0.1) is 0 Å². The number of nitrogens with two attached hydrogens (primary N) is 1. The predicted molar refractivity (Wildman–Crippen MR) is 73.3 cm³/mol. The average molecular weight is 277 g/mol. The summed E-state index contributed by atoms with van der Waals surface area (Å²) in [5.41, 5.74) is 5.44. The van der Waals surface area contributed by atoms with E-state index in [-0.39, 0.29) is 35.2 Å². The normalized spacial score (nSPS) is 10.8. The summed E-state index contributed by atoms with van der Waals surface area (Å²) in [6, 6.07) is 5.63. The van der Waals surface area contributed by atoms with Crippen LogP contribution < -0.4 is 16.0 Å². The molecule has 0 aliphatic rings. The van der Waals surface area contributed by atoms with Gasteiger partial charge in [-0.25, -0.2) is 4.39 Å². The van der Waals surface area contributed by atoms with Crippen molar-refractivity contribution in [3.05, 3.63) is 51.8 Å². The molecule has 6 heteroatoms. The molecule has 0 bridgehead atoms. The van der Waals surface area contributed by atoms with Crippen LogP contribution in [0.3, 0.4) is 0 Å². The third kappa shape index (κ3) is 3.03. The number of aromatic amines is 1. The van der Waals surface area contributed by atoms with E-state index in [0.29, 0.717) is 5.82 Å². The van der Waals surface area contributed by atoms with E-state index in [0.717, 1.165) is 0 Å². The number of rotatable bonds is 4. The minimum atomic E-state index is -0.445. The summed E-state index contributed by atoms with van der Waals surface area (Å²) < 4.78 is 19.1. The van der Waals surface area contributed by atoms with E-state index in [9.17, 15) is 9.18 Å². The molecule has 0 saturated carbocycles. The van der Waals surface area contributed by atoms with Crippen LogP contribution in [0, 0.1) is 5.82 Å². The maximum atomic E-state index is 13.6. The Labute approximate surface area is 115 Å². The number of aromatic nitrogens is 2. The Morgan fingerprint density at radius 1 is 1.45 bits per heavy atom. The summed E-state index contributed by atoms with van der Waals surface area (Å²) in [6.07, 6.45) is 0. The quantitative estimate of drug-likeness (QED) is 0.898. The number of ether oxygens (including phenoxy) is 1. The minimum absolute atomic E-state index is 0.00222. The lowest BCUT2D eigenvalue weighted by Gasteiger charge is -2.11. The highest BCUT2D eigenvalue weighted by molar-refractivity contribution is 5.37. The van der Waals surface area contributed by atoms with E-state index in [1.807, 2.05) is 13.8 Å². The second-order valence-electron chi connectivity index (χ2n) is 4.65. The fourth-order valence-corrected chi connectivity index (χ4v) is 1.72. The fraction of sp³-hybridized carbons (Fsp3) is 0.286. The van der Waals surface area contributed by atoms with Gasteiger partial charge in [-0.2, -0.15) is 4.98 Å². The van der Waals surface area contributed by atoms with Crippen molar-refractivity contribution in [1.82, 2.24) is 9.97 Å². The average Bonchev–Trinajstić information content (AvgIpc) is 2.38. The van der Waals surface area contributed by atoms with Crippen LogP contribution >= 0.6 is 0 Å². The summed E-state index contributed by atoms with van der Waals surface area (Å²) >= 11 is 0. The van der Waals surface area contributed by atoms with Gasteiger partial charge in [0.2, 0.25) is 5.88 Å². The monoisotopic (exact) mass is 277 g/mol. The molecule has 106 valence electrons. The van der Waals surface area contributed by atoms with Gasteiger partial charge < -0.3 is 15.5 Å². The topological polar surface area (TPSA) is 81.0 Å². The molecule has 2 aromatic rings. The second kappa shape index (κ2) is 5.83. The Balaban J connectivity index is 2.40. The van der Waals surface area contributed by atoms with E-state index < -0.39 is 5.82 Å². The number of hydrogen-bond donors (Lipinski definition) is 2. The van der Waals surface area contributed by atoms with Crippen LogP contribution in [0.4, 0.5) is 4.39 Å². The molecule has 1 aromatic heterocycles. The molecule has 0 saturated heterocycles. The van der Waals surface area contributed by atoms with Crippen LogP contribution in [0.1, 0.15) is 31.2 Å². The SMILES string of the molecule is CC(C)c1nc(Oc2cccc(F)c2CN)cc(=O)[nH]1. The van der Waals surface area contributed by atoms with E-state index >= 15 is 0 Å². The molecular formula is C14H16FN3O2. The molecule has 2 rings (SSSR count).